The van der Waals surface area contributed by atoms with E-state index in [2.05, 4.69) is 11.5 Å². The van der Waals surface area contributed by atoms with Crippen molar-refractivity contribution in [1.82, 2.24) is 9.88 Å². The van der Waals surface area contributed by atoms with Crippen molar-refractivity contribution in [2.75, 3.05) is 19.4 Å². The van der Waals surface area contributed by atoms with Gasteiger partial charge in [0.15, 0.2) is 0 Å². The van der Waals surface area contributed by atoms with E-state index in [-0.39, 0.29) is 11.8 Å². The Hall–Kier alpha value is -1.66. The summed E-state index contributed by atoms with van der Waals surface area (Å²) in [6.45, 7) is 1.48. The van der Waals surface area contributed by atoms with Crippen molar-refractivity contribution >= 4 is 28.6 Å². The molecule has 0 spiro atoms. The largest absolute Gasteiger partial charge is 0.497 e. The van der Waals surface area contributed by atoms with Gasteiger partial charge in [-0.15, -0.1) is 11.8 Å². The standard InChI is InChI=1S/C15H18N2O3S/c1-20-10-2-3-13-11(8-10)12(15-16-5-7-21-15)9-17(13)6-4-14(18)19/h2-3,8-9,15-16H,4-7H2,1H3,(H,18,19). The molecule has 1 aliphatic heterocycles. The molecule has 112 valence electrons. The third-order valence-electron chi connectivity index (χ3n) is 3.68. The van der Waals surface area contributed by atoms with E-state index in [0.29, 0.717) is 6.54 Å². The molecule has 5 nitrogen and oxygen atoms in total. The molecule has 2 heterocycles. The number of aliphatic carboxylic acids is 1. The van der Waals surface area contributed by atoms with Gasteiger partial charge in [0.25, 0.3) is 0 Å². The number of hydrogen-bond acceptors (Lipinski definition) is 4. The number of ether oxygens (including phenoxy) is 1. The fourth-order valence-corrected chi connectivity index (χ4v) is 3.74. The zero-order valence-electron chi connectivity index (χ0n) is 11.8. The third-order valence-corrected chi connectivity index (χ3v) is 4.88. The monoisotopic (exact) mass is 306 g/mol. The maximum atomic E-state index is 10.8. The normalized spacial score (nSPS) is 18.2. The van der Waals surface area contributed by atoms with E-state index in [1.165, 1.54) is 5.56 Å². The van der Waals surface area contributed by atoms with E-state index in [0.717, 1.165) is 29.0 Å². The van der Waals surface area contributed by atoms with Crippen molar-refractivity contribution in [2.45, 2.75) is 18.3 Å². The molecule has 3 rings (SSSR count). The van der Waals surface area contributed by atoms with Crippen LogP contribution in [-0.4, -0.2) is 35.1 Å². The first-order chi connectivity index (χ1) is 10.2. The Morgan fingerprint density at radius 3 is 3.10 bits per heavy atom. The first-order valence-electron chi connectivity index (χ1n) is 6.92. The van der Waals surface area contributed by atoms with Gasteiger partial charge in [0.1, 0.15) is 5.75 Å². The predicted octanol–water partition coefficient (Wildman–Crippen LogP) is 2.46. The number of carboxylic acid groups (broad SMARTS) is 1. The predicted molar refractivity (Wildman–Crippen MR) is 83.9 cm³/mol. The number of carboxylic acids is 1. The lowest BCUT2D eigenvalue weighted by Crippen LogP contribution is -2.11. The highest BCUT2D eigenvalue weighted by Crippen LogP contribution is 2.37. The summed E-state index contributed by atoms with van der Waals surface area (Å²) in [4.78, 5) is 10.8. The molecule has 21 heavy (non-hydrogen) atoms. The molecule has 1 aromatic heterocycles. The van der Waals surface area contributed by atoms with Gasteiger partial charge in [-0.2, -0.15) is 0 Å². The van der Waals surface area contributed by atoms with Gasteiger partial charge in [-0.05, 0) is 18.2 Å². The highest BCUT2D eigenvalue weighted by molar-refractivity contribution is 7.99. The van der Waals surface area contributed by atoms with Gasteiger partial charge in [0.05, 0.1) is 18.9 Å². The minimum Gasteiger partial charge on any atom is -0.497 e. The van der Waals surface area contributed by atoms with E-state index in [9.17, 15) is 4.79 Å². The number of thioether (sulfide) groups is 1. The lowest BCUT2D eigenvalue weighted by atomic mass is 10.1. The van der Waals surface area contributed by atoms with Gasteiger partial charge in [0, 0.05) is 41.5 Å². The van der Waals surface area contributed by atoms with Crippen molar-refractivity contribution < 1.29 is 14.6 Å². The molecule has 6 heteroatoms. The van der Waals surface area contributed by atoms with Gasteiger partial charge >= 0.3 is 5.97 Å². The van der Waals surface area contributed by atoms with Crippen LogP contribution in [-0.2, 0) is 11.3 Å². The van der Waals surface area contributed by atoms with E-state index in [1.54, 1.807) is 7.11 Å². The number of rotatable bonds is 5. The third kappa shape index (κ3) is 2.87. The van der Waals surface area contributed by atoms with E-state index >= 15 is 0 Å². The molecule has 0 radical (unpaired) electrons. The summed E-state index contributed by atoms with van der Waals surface area (Å²) in [6, 6.07) is 5.94. The Labute approximate surface area is 127 Å². The van der Waals surface area contributed by atoms with Crippen molar-refractivity contribution in [3.63, 3.8) is 0 Å². The second-order valence-electron chi connectivity index (χ2n) is 5.01. The first kappa shape index (κ1) is 14.3. The minimum absolute atomic E-state index is 0.125. The van der Waals surface area contributed by atoms with Crippen LogP contribution in [0.2, 0.25) is 0 Å². The second kappa shape index (κ2) is 5.99. The van der Waals surface area contributed by atoms with Crippen molar-refractivity contribution in [2.24, 2.45) is 0 Å². The summed E-state index contributed by atoms with van der Waals surface area (Å²) in [6.07, 6.45) is 2.20. The summed E-state index contributed by atoms with van der Waals surface area (Å²) < 4.78 is 7.34. The van der Waals surface area contributed by atoms with Crippen LogP contribution >= 0.6 is 11.8 Å². The highest BCUT2D eigenvalue weighted by Gasteiger charge is 2.22. The van der Waals surface area contributed by atoms with Crippen LogP contribution in [0.5, 0.6) is 5.75 Å². The Balaban J connectivity index is 2.04. The number of nitrogens with one attached hydrogen (secondary N) is 1. The molecule has 0 aliphatic carbocycles. The molecule has 1 saturated heterocycles. The number of nitrogens with zero attached hydrogens (tertiary/aromatic N) is 1. The summed E-state index contributed by atoms with van der Waals surface area (Å²) in [5.74, 6) is 1.14. The summed E-state index contributed by atoms with van der Waals surface area (Å²) in [5.41, 5.74) is 2.26. The van der Waals surface area contributed by atoms with Crippen LogP contribution in [0.1, 0.15) is 17.4 Å². The topological polar surface area (TPSA) is 63.5 Å². The average molecular weight is 306 g/mol. The number of hydrogen-bond donors (Lipinski definition) is 2. The molecule has 0 saturated carbocycles. The Kier molecular flexibility index (Phi) is 4.07. The van der Waals surface area contributed by atoms with Gasteiger partial charge in [0.2, 0.25) is 0 Å². The Morgan fingerprint density at radius 1 is 1.57 bits per heavy atom. The SMILES string of the molecule is COc1ccc2c(c1)c(C1NCCS1)cn2CCC(=O)O. The average Bonchev–Trinajstić information content (AvgIpc) is 3.11. The maximum absolute atomic E-state index is 10.8. The molecule has 2 aromatic rings. The molecule has 2 N–H and O–H groups in total. The van der Waals surface area contributed by atoms with Gasteiger partial charge in [-0.1, -0.05) is 0 Å². The molecule has 1 atom stereocenters. The van der Waals surface area contributed by atoms with Crippen LogP contribution in [0.15, 0.2) is 24.4 Å². The number of fused-ring (bicyclic) bond motifs is 1. The van der Waals surface area contributed by atoms with Crippen molar-refractivity contribution in [1.29, 1.82) is 0 Å². The lowest BCUT2D eigenvalue weighted by molar-refractivity contribution is -0.137. The van der Waals surface area contributed by atoms with Gasteiger partial charge in [-0.25, -0.2) is 0 Å². The molecular weight excluding hydrogens is 288 g/mol. The van der Waals surface area contributed by atoms with E-state index in [1.807, 2.05) is 34.5 Å². The molecule has 0 amide bonds. The molecular formula is C15H18N2O3S. The zero-order chi connectivity index (χ0) is 14.8. The summed E-state index contributed by atoms with van der Waals surface area (Å²) >= 11 is 1.88. The van der Waals surface area contributed by atoms with Crippen LogP contribution in [0, 0.1) is 0 Å². The number of methoxy groups -OCH3 is 1. The maximum Gasteiger partial charge on any atom is 0.305 e. The number of carbonyl (C=O) groups is 1. The molecule has 1 aliphatic rings. The van der Waals surface area contributed by atoms with E-state index in [4.69, 9.17) is 9.84 Å². The molecule has 1 fully saturated rings. The van der Waals surface area contributed by atoms with Crippen LogP contribution in [0.3, 0.4) is 0 Å². The lowest BCUT2D eigenvalue weighted by Gasteiger charge is -2.08. The molecule has 0 bridgehead atoms. The zero-order valence-corrected chi connectivity index (χ0v) is 12.7. The van der Waals surface area contributed by atoms with Crippen molar-refractivity contribution in [3.8, 4) is 5.75 Å². The van der Waals surface area contributed by atoms with Crippen molar-refractivity contribution in [3.05, 3.63) is 30.0 Å². The molecule has 1 unspecified atom stereocenters. The fourth-order valence-electron chi connectivity index (χ4n) is 2.67. The quantitative estimate of drug-likeness (QED) is 0.888. The Bertz CT molecular complexity index is 662. The summed E-state index contributed by atoms with van der Waals surface area (Å²) in [5, 5.41) is 13.8. The van der Waals surface area contributed by atoms with Crippen LogP contribution < -0.4 is 10.1 Å². The van der Waals surface area contributed by atoms with Crippen LogP contribution in [0.25, 0.3) is 10.9 Å². The van der Waals surface area contributed by atoms with Gasteiger partial charge in [-0.3, -0.25) is 4.79 Å². The van der Waals surface area contributed by atoms with Gasteiger partial charge < -0.3 is 19.7 Å². The Morgan fingerprint density at radius 2 is 2.43 bits per heavy atom. The second-order valence-corrected chi connectivity index (χ2v) is 6.22. The number of aryl methyl sites for hydroxylation is 1. The number of benzene rings is 1. The van der Waals surface area contributed by atoms with Crippen LogP contribution in [0.4, 0.5) is 0 Å². The number of aromatic nitrogens is 1. The highest BCUT2D eigenvalue weighted by atomic mass is 32.2. The smallest absolute Gasteiger partial charge is 0.305 e. The summed E-state index contributed by atoms with van der Waals surface area (Å²) in [7, 11) is 1.66. The molecule has 1 aromatic carbocycles. The van der Waals surface area contributed by atoms with E-state index < -0.39 is 5.97 Å². The first-order valence-corrected chi connectivity index (χ1v) is 7.97. The minimum atomic E-state index is -0.778. The fraction of sp³-hybridized carbons (Fsp3) is 0.400.